The number of hydrogen-bond acceptors (Lipinski definition) is 6. The number of aliphatic imine (C=N–C) groups is 1. The summed E-state index contributed by atoms with van der Waals surface area (Å²) in [6.45, 7) is 9.43. The molecule has 0 aliphatic carbocycles. The molecule has 1 saturated heterocycles. The fourth-order valence-electron chi connectivity index (χ4n) is 4.36. The lowest BCUT2D eigenvalue weighted by Gasteiger charge is -2.31. The molecule has 7 nitrogen and oxygen atoms in total. The summed E-state index contributed by atoms with van der Waals surface area (Å²) in [6, 6.07) is 7.34. The van der Waals surface area contributed by atoms with Crippen LogP contribution in [0.15, 0.2) is 29.3 Å². The number of piperazine rings is 1. The summed E-state index contributed by atoms with van der Waals surface area (Å²) in [5.74, 6) is 1.63. The van der Waals surface area contributed by atoms with Crippen molar-refractivity contribution in [3.63, 3.8) is 0 Å². The molecule has 0 radical (unpaired) electrons. The Morgan fingerprint density at radius 3 is 2.52 bits per heavy atom. The van der Waals surface area contributed by atoms with E-state index in [0.29, 0.717) is 5.02 Å². The molecular formula is C23H24ClIN6OS. The number of amides is 1. The van der Waals surface area contributed by atoms with Crippen molar-refractivity contribution in [1.29, 1.82) is 0 Å². The van der Waals surface area contributed by atoms with Gasteiger partial charge in [0.1, 0.15) is 16.9 Å². The maximum atomic E-state index is 13.3. The monoisotopic (exact) mass is 594 g/mol. The Bertz CT molecular complexity index is 1240. The van der Waals surface area contributed by atoms with Crippen LogP contribution in [0.3, 0.4) is 0 Å². The van der Waals surface area contributed by atoms with Crippen molar-refractivity contribution >= 4 is 57.4 Å². The molecule has 0 unspecified atom stereocenters. The molecule has 5 rings (SSSR count). The third-order valence-electron chi connectivity index (χ3n) is 6.30. The highest BCUT2D eigenvalue weighted by atomic mass is 127. The van der Waals surface area contributed by atoms with E-state index in [1.807, 2.05) is 36.1 Å². The number of halogens is 2. The summed E-state index contributed by atoms with van der Waals surface area (Å²) in [5.41, 5.74) is 4.13. The zero-order valence-electron chi connectivity index (χ0n) is 18.7. The third kappa shape index (κ3) is 4.24. The molecule has 2 aliphatic rings. The summed E-state index contributed by atoms with van der Waals surface area (Å²) in [6.07, 6.45) is 0.267. The number of aromatic nitrogens is 3. The maximum Gasteiger partial charge on any atom is 0.225 e. The second kappa shape index (κ2) is 9.09. The van der Waals surface area contributed by atoms with Crippen LogP contribution in [0.5, 0.6) is 0 Å². The van der Waals surface area contributed by atoms with Gasteiger partial charge in [-0.2, -0.15) is 0 Å². The van der Waals surface area contributed by atoms with E-state index in [0.717, 1.165) is 59.7 Å². The van der Waals surface area contributed by atoms with Gasteiger partial charge >= 0.3 is 0 Å². The summed E-state index contributed by atoms with van der Waals surface area (Å²) < 4.78 is 4.31. The average molecular weight is 595 g/mol. The number of thiophene rings is 1. The summed E-state index contributed by atoms with van der Waals surface area (Å²) in [4.78, 5) is 21.6. The molecule has 1 atom stereocenters. The predicted molar refractivity (Wildman–Crippen MR) is 140 cm³/mol. The lowest BCUT2D eigenvalue weighted by atomic mass is 9.99. The molecule has 0 N–H and O–H groups in total. The number of carbonyl (C=O) groups is 1. The van der Waals surface area contributed by atoms with Crippen LogP contribution in [-0.2, 0) is 4.79 Å². The topological polar surface area (TPSA) is 66.6 Å². The predicted octanol–water partition coefficient (Wildman–Crippen LogP) is 4.68. The first-order valence-corrected chi connectivity index (χ1v) is 13.0. The summed E-state index contributed by atoms with van der Waals surface area (Å²) in [7, 11) is 0. The first kappa shape index (κ1) is 22.9. The number of nitrogens with zero attached hydrogens (tertiary/aromatic N) is 6. The Kier molecular flexibility index (Phi) is 6.32. The van der Waals surface area contributed by atoms with Crippen LogP contribution in [0.1, 0.15) is 45.7 Å². The van der Waals surface area contributed by atoms with Gasteiger partial charge in [0.15, 0.2) is 5.82 Å². The minimum Gasteiger partial charge on any atom is -0.340 e. The van der Waals surface area contributed by atoms with E-state index in [9.17, 15) is 4.79 Å². The number of rotatable bonds is 3. The van der Waals surface area contributed by atoms with Crippen LogP contribution in [0.25, 0.3) is 5.00 Å². The number of benzene rings is 1. The van der Waals surface area contributed by atoms with Crippen molar-refractivity contribution in [1.82, 2.24) is 22.8 Å². The smallest absolute Gasteiger partial charge is 0.225 e. The van der Waals surface area contributed by atoms with Gasteiger partial charge in [-0.25, -0.2) is 3.11 Å². The molecule has 1 amide bonds. The Balaban J connectivity index is 1.62. The Morgan fingerprint density at radius 2 is 1.82 bits per heavy atom. The standard InChI is InChI=1S/C23H24ClIN6OS/c1-13-14(2)33-23-20(13)21(16-4-6-17(24)7-5-16)26-18(22-28-27-15(3)31(22)23)12-19(32)29-8-10-30(25)11-9-29/h4-7,18H,8-12H2,1-3H3/t18-/m0/s1. The van der Waals surface area contributed by atoms with Gasteiger partial charge in [0.2, 0.25) is 5.91 Å². The highest BCUT2D eigenvalue weighted by Crippen LogP contribution is 2.39. The Morgan fingerprint density at radius 1 is 1.12 bits per heavy atom. The van der Waals surface area contributed by atoms with Crippen LogP contribution >= 0.6 is 45.8 Å². The average Bonchev–Trinajstić information content (AvgIpc) is 3.27. The number of hydrogen-bond donors (Lipinski definition) is 0. The minimum atomic E-state index is -0.415. The summed E-state index contributed by atoms with van der Waals surface area (Å²) >= 11 is 10.2. The van der Waals surface area contributed by atoms with Crippen molar-refractivity contribution in [2.75, 3.05) is 26.2 Å². The highest BCUT2D eigenvalue weighted by molar-refractivity contribution is 14.1. The van der Waals surface area contributed by atoms with E-state index in [4.69, 9.17) is 16.6 Å². The molecule has 1 fully saturated rings. The number of fused-ring (bicyclic) bond motifs is 3. The molecule has 33 heavy (non-hydrogen) atoms. The van der Waals surface area contributed by atoms with Gasteiger partial charge in [0.25, 0.3) is 0 Å². The molecule has 1 aromatic carbocycles. The van der Waals surface area contributed by atoms with Gasteiger partial charge in [0, 0.05) is 70.1 Å². The van der Waals surface area contributed by atoms with E-state index < -0.39 is 6.04 Å². The van der Waals surface area contributed by atoms with E-state index in [-0.39, 0.29) is 12.3 Å². The molecule has 10 heteroatoms. The molecule has 2 aromatic heterocycles. The van der Waals surface area contributed by atoms with Gasteiger partial charge in [0.05, 0.1) is 12.1 Å². The van der Waals surface area contributed by atoms with Crippen LogP contribution in [-0.4, -0.2) is 60.6 Å². The van der Waals surface area contributed by atoms with Crippen molar-refractivity contribution in [3.8, 4) is 5.00 Å². The quantitative estimate of drug-likeness (QED) is 0.326. The van der Waals surface area contributed by atoms with E-state index in [1.54, 1.807) is 11.3 Å². The zero-order valence-corrected chi connectivity index (χ0v) is 22.4. The highest BCUT2D eigenvalue weighted by Gasteiger charge is 2.33. The van der Waals surface area contributed by atoms with Gasteiger partial charge < -0.3 is 4.90 Å². The van der Waals surface area contributed by atoms with Crippen molar-refractivity contribution in [3.05, 3.63) is 62.5 Å². The van der Waals surface area contributed by atoms with Crippen LogP contribution < -0.4 is 0 Å². The fraction of sp³-hybridized carbons (Fsp3) is 0.391. The lowest BCUT2D eigenvalue weighted by Crippen LogP contribution is -2.45. The second-order valence-corrected chi connectivity index (χ2v) is 11.4. The summed E-state index contributed by atoms with van der Waals surface area (Å²) in [5, 5.41) is 10.6. The van der Waals surface area contributed by atoms with E-state index in [1.165, 1.54) is 10.4 Å². The largest absolute Gasteiger partial charge is 0.340 e. The lowest BCUT2D eigenvalue weighted by molar-refractivity contribution is -0.132. The van der Waals surface area contributed by atoms with Gasteiger partial charge in [-0.15, -0.1) is 21.5 Å². The molecular weight excluding hydrogens is 571 g/mol. The Hall–Kier alpha value is -1.82. The van der Waals surface area contributed by atoms with E-state index in [2.05, 4.69) is 54.6 Å². The molecule has 0 saturated carbocycles. The first-order chi connectivity index (χ1) is 15.8. The van der Waals surface area contributed by atoms with Gasteiger partial charge in [-0.05, 0) is 38.5 Å². The normalized spacial score (nSPS) is 18.5. The first-order valence-electron chi connectivity index (χ1n) is 10.9. The van der Waals surface area contributed by atoms with Gasteiger partial charge in [-0.3, -0.25) is 14.4 Å². The van der Waals surface area contributed by atoms with E-state index >= 15 is 0 Å². The molecule has 3 aromatic rings. The molecule has 0 bridgehead atoms. The molecule has 4 heterocycles. The second-order valence-electron chi connectivity index (χ2n) is 8.40. The van der Waals surface area contributed by atoms with Gasteiger partial charge in [-0.1, -0.05) is 23.7 Å². The SMILES string of the molecule is Cc1sc2c(c1C)C(c1ccc(Cl)cc1)=N[C@@H](CC(=O)N1CCN(I)CC1)c1nnc(C)n1-2. The van der Waals surface area contributed by atoms with Crippen LogP contribution in [0.2, 0.25) is 5.02 Å². The molecule has 172 valence electrons. The van der Waals surface area contributed by atoms with Crippen molar-refractivity contribution in [2.45, 2.75) is 33.2 Å². The zero-order chi connectivity index (χ0) is 23.3. The third-order valence-corrected chi connectivity index (χ3v) is 8.71. The Labute approximate surface area is 216 Å². The van der Waals surface area contributed by atoms with Crippen LogP contribution in [0.4, 0.5) is 0 Å². The maximum absolute atomic E-state index is 13.3. The van der Waals surface area contributed by atoms with Crippen LogP contribution in [0, 0.1) is 20.8 Å². The molecule has 2 aliphatic heterocycles. The van der Waals surface area contributed by atoms with Crippen molar-refractivity contribution < 1.29 is 4.79 Å². The van der Waals surface area contributed by atoms with Crippen molar-refractivity contribution in [2.24, 2.45) is 4.99 Å². The molecule has 0 spiro atoms. The number of carbonyl (C=O) groups excluding carboxylic acids is 1. The minimum absolute atomic E-state index is 0.106. The number of aryl methyl sites for hydroxylation is 2. The fourth-order valence-corrected chi connectivity index (χ4v) is 6.13.